The second-order valence-corrected chi connectivity index (χ2v) is 4.80. The van der Waals surface area contributed by atoms with E-state index in [0.717, 1.165) is 12.5 Å². The third kappa shape index (κ3) is 3.50. The Hall–Kier alpha value is -1.49. The lowest BCUT2D eigenvalue weighted by Gasteiger charge is -2.10. The molecule has 5 nitrogen and oxygen atoms in total. The van der Waals surface area contributed by atoms with Crippen LogP contribution < -0.4 is 5.32 Å². The monoisotopic (exact) mass is 249 g/mol. The molecule has 1 heterocycles. The Balaban J connectivity index is 1.77. The van der Waals surface area contributed by atoms with Crippen molar-refractivity contribution < 1.29 is 9.90 Å². The van der Waals surface area contributed by atoms with Crippen molar-refractivity contribution in [1.29, 1.82) is 0 Å². The summed E-state index contributed by atoms with van der Waals surface area (Å²) in [5, 5.41) is 12.3. The average Bonchev–Trinajstić information content (AvgIpc) is 2.88. The van der Waals surface area contributed by atoms with Gasteiger partial charge in [0.25, 0.3) is 0 Å². The first kappa shape index (κ1) is 13.0. The number of aromatic nitrogens is 2. The Morgan fingerprint density at radius 2 is 2.22 bits per heavy atom. The van der Waals surface area contributed by atoms with Gasteiger partial charge in [0.05, 0.1) is 5.69 Å². The van der Waals surface area contributed by atoms with E-state index in [-0.39, 0.29) is 5.56 Å². The molecule has 1 aromatic heterocycles. The van der Waals surface area contributed by atoms with Crippen LogP contribution in [0.2, 0.25) is 0 Å². The number of aromatic carboxylic acids is 1. The molecule has 1 aromatic rings. The van der Waals surface area contributed by atoms with Crippen molar-refractivity contribution in [3.63, 3.8) is 0 Å². The van der Waals surface area contributed by atoms with E-state index in [1.807, 2.05) is 0 Å². The molecule has 2 N–H and O–H groups in total. The number of nitrogens with one attached hydrogen (secondary N) is 1. The molecule has 1 aliphatic carbocycles. The summed E-state index contributed by atoms with van der Waals surface area (Å²) < 4.78 is 0. The standard InChI is InChI=1S/C13H19N3O2/c17-13(18)11-7-15-9-16-12(11)8-14-6-5-10-3-1-2-4-10/h7,9-10,14H,1-6,8H2,(H,17,18). The summed E-state index contributed by atoms with van der Waals surface area (Å²) in [6.45, 7) is 1.42. The summed E-state index contributed by atoms with van der Waals surface area (Å²) >= 11 is 0. The van der Waals surface area contributed by atoms with Gasteiger partial charge in [0.1, 0.15) is 11.9 Å². The second-order valence-electron chi connectivity index (χ2n) is 4.80. The van der Waals surface area contributed by atoms with Gasteiger partial charge in [-0.25, -0.2) is 14.8 Å². The van der Waals surface area contributed by atoms with Crippen LogP contribution in [-0.4, -0.2) is 27.6 Å². The number of carbonyl (C=O) groups is 1. The first-order valence-electron chi connectivity index (χ1n) is 6.50. The summed E-state index contributed by atoms with van der Waals surface area (Å²) in [6, 6.07) is 0. The molecule has 0 unspecified atom stereocenters. The van der Waals surface area contributed by atoms with Crippen molar-refractivity contribution in [2.45, 2.75) is 38.6 Å². The normalized spacial score (nSPS) is 16.0. The van der Waals surface area contributed by atoms with Crippen LogP contribution in [0.5, 0.6) is 0 Å². The van der Waals surface area contributed by atoms with Crippen molar-refractivity contribution >= 4 is 5.97 Å². The van der Waals surface area contributed by atoms with Crippen molar-refractivity contribution in [2.24, 2.45) is 5.92 Å². The Labute approximate surface area is 107 Å². The highest BCUT2D eigenvalue weighted by Crippen LogP contribution is 2.26. The van der Waals surface area contributed by atoms with Crippen molar-refractivity contribution in [3.8, 4) is 0 Å². The summed E-state index contributed by atoms with van der Waals surface area (Å²) in [5.41, 5.74) is 0.745. The molecule has 18 heavy (non-hydrogen) atoms. The minimum atomic E-state index is -0.969. The van der Waals surface area contributed by atoms with E-state index in [0.29, 0.717) is 12.2 Å². The molecule has 0 atom stereocenters. The minimum absolute atomic E-state index is 0.186. The van der Waals surface area contributed by atoms with Gasteiger partial charge in [0, 0.05) is 12.7 Å². The third-order valence-electron chi connectivity index (χ3n) is 3.52. The van der Waals surface area contributed by atoms with Gasteiger partial charge in [-0.05, 0) is 18.9 Å². The summed E-state index contributed by atoms with van der Waals surface area (Å²) in [5.74, 6) is -0.120. The van der Waals surface area contributed by atoms with Crippen LogP contribution in [0.15, 0.2) is 12.5 Å². The van der Waals surface area contributed by atoms with E-state index in [1.165, 1.54) is 44.6 Å². The first-order valence-corrected chi connectivity index (χ1v) is 6.50. The van der Waals surface area contributed by atoms with E-state index in [1.54, 1.807) is 0 Å². The molecule has 1 fully saturated rings. The molecule has 0 bridgehead atoms. The Bertz CT molecular complexity index is 403. The summed E-state index contributed by atoms with van der Waals surface area (Å²) in [4.78, 5) is 18.7. The second kappa shape index (κ2) is 6.44. The zero-order valence-electron chi connectivity index (χ0n) is 10.4. The molecular formula is C13H19N3O2. The van der Waals surface area contributed by atoms with Crippen LogP contribution in [0, 0.1) is 5.92 Å². The van der Waals surface area contributed by atoms with Gasteiger partial charge >= 0.3 is 5.97 Å². The molecule has 0 saturated heterocycles. The number of carboxylic acids is 1. The van der Waals surface area contributed by atoms with Gasteiger partial charge in [-0.1, -0.05) is 25.7 Å². The fourth-order valence-electron chi connectivity index (χ4n) is 2.49. The number of hydrogen-bond donors (Lipinski definition) is 2. The van der Waals surface area contributed by atoms with Gasteiger partial charge in [-0.2, -0.15) is 0 Å². The Kier molecular flexibility index (Phi) is 4.64. The van der Waals surface area contributed by atoms with E-state index < -0.39 is 5.97 Å². The number of hydrogen-bond acceptors (Lipinski definition) is 4. The smallest absolute Gasteiger partial charge is 0.339 e. The maximum Gasteiger partial charge on any atom is 0.339 e. The third-order valence-corrected chi connectivity index (χ3v) is 3.52. The van der Waals surface area contributed by atoms with Crippen molar-refractivity contribution in [3.05, 3.63) is 23.8 Å². The number of rotatable bonds is 6. The largest absolute Gasteiger partial charge is 0.478 e. The van der Waals surface area contributed by atoms with Crippen LogP contribution >= 0.6 is 0 Å². The van der Waals surface area contributed by atoms with Gasteiger partial charge in [-0.15, -0.1) is 0 Å². The maximum atomic E-state index is 11.0. The molecule has 0 aromatic carbocycles. The van der Waals surface area contributed by atoms with Gasteiger partial charge in [0.2, 0.25) is 0 Å². The number of carboxylic acid groups (broad SMARTS) is 1. The highest BCUT2D eigenvalue weighted by atomic mass is 16.4. The van der Waals surface area contributed by atoms with Crippen molar-refractivity contribution in [1.82, 2.24) is 15.3 Å². The maximum absolute atomic E-state index is 11.0. The van der Waals surface area contributed by atoms with Crippen molar-refractivity contribution in [2.75, 3.05) is 6.54 Å². The lowest BCUT2D eigenvalue weighted by atomic mass is 10.0. The lowest BCUT2D eigenvalue weighted by Crippen LogP contribution is -2.20. The SMILES string of the molecule is O=C(O)c1cncnc1CNCCC1CCCC1. The topological polar surface area (TPSA) is 75.1 Å². The zero-order chi connectivity index (χ0) is 12.8. The molecule has 98 valence electrons. The molecular weight excluding hydrogens is 230 g/mol. The van der Waals surface area contributed by atoms with Gasteiger partial charge in [0.15, 0.2) is 0 Å². The highest BCUT2D eigenvalue weighted by molar-refractivity contribution is 5.88. The molecule has 5 heteroatoms. The van der Waals surface area contributed by atoms with Crippen LogP contribution in [0.25, 0.3) is 0 Å². The predicted octanol–water partition coefficient (Wildman–Crippen LogP) is 1.84. The van der Waals surface area contributed by atoms with Crippen LogP contribution in [-0.2, 0) is 6.54 Å². The summed E-state index contributed by atoms with van der Waals surface area (Å²) in [6.07, 6.45) is 9.32. The minimum Gasteiger partial charge on any atom is -0.478 e. The van der Waals surface area contributed by atoms with E-state index in [4.69, 9.17) is 5.11 Å². The van der Waals surface area contributed by atoms with Gasteiger partial charge < -0.3 is 10.4 Å². The first-order chi connectivity index (χ1) is 8.77. The molecule has 0 amide bonds. The molecule has 1 aliphatic rings. The van der Waals surface area contributed by atoms with Gasteiger partial charge in [-0.3, -0.25) is 0 Å². The summed E-state index contributed by atoms with van der Waals surface area (Å²) in [7, 11) is 0. The Morgan fingerprint density at radius 3 is 2.94 bits per heavy atom. The fourth-order valence-corrected chi connectivity index (χ4v) is 2.49. The van der Waals surface area contributed by atoms with Crippen LogP contribution in [0.4, 0.5) is 0 Å². The molecule has 0 spiro atoms. The fraction of sp³-hybridized carbons (Fsp3) is 0.615. The molecule has 1 saturated carbocycles. The molecule has 0 aliphatic heterocycles. The van der Waals surface area contributed by atoms with Crippen LogP contribution in [0.3, 0.4) is 0 Å². The number of nitrogens with zero attached hydrogens (tertiary/aromatic N) is 2. The molecule has 0 radical (unpaired) electrons. The Morgan fingerprint density at radius 1 is 1.44 bits per heavy atom. The quantitative estimate of drug-likeness (QED) is 0.752. The lowest BCUT2D eigenvalue weighted by molar-refractivity contribution is 0.0694. The van der Waals surface area contributed by atoms with E-state index in [2.05, 4.69) is 15.3 Å². The van der Waals surface area contributed by atoms with E-state index >= 15 is 0 Å². The molecule has 2 rings (SSSR count). The predicted molar refractivity (Wildman–Crippen MR) is 67.3 cm³/mol. The highest BCUT2D eigenvalue weighted by Gasteiger charge is 2.14. The zero-order valence-corrected chi connectivity index (χ0v) is 10.4. The average molecular weight is 249 g/mol. The van der Waals surface area contributed by atoms with Crippen LogP contribution in [0.1, 0.15) is 48.2 Å². The van der Waals surface area contributed by atoms with E-state index in [9.17, 15) is 4.79 Å².